The number of nitrogens with zero attached hydrogens (tertiary/aromatic N) is 2. The molecule has 2 N–H and O–H groups in total. The summed E-state index contributed by atoms with van der Waals surface area (Å²) in [6, 6.07) is 2.06. The van der Waals surface area contributed by atoms with E-state index in [9.17, 15) is 23.1 Å². The fraction of sp³-hybridized carbons (Fsp3) is 0.571. The summed E-state index contributed by atoms with van der Waals surface area (Å²) >= 11 is 0. The van der Waals surface area contributed by atoms with Crippen LogP contribution in [-0.4, -0.2) is 40.2 Å². The van der Waals surface area contributed by atoms with Crippen LogP contribution in [0.1, 0.15) is 18.4 Å². The van der Waals surface area contributed by atoms with Crippen molar-refractivity contribution in [2.24, 2.45) is 11.8 Å². The van der Waals surface area contributed by atoms with Crippen LogP contribution in [0.15, 0.2) is 18.3 Å². The lowest BCUT2D eigenvalue weighted by Crippen LogP contribution is -2.47. The van der Waals surface area contributed by atoms with E-state index in [-0.39, 0.29) is 6.04 Å². The maximum absolute atomic E-state index is 12.5. The van der Waals surface area contributed by atoms with Gasteiger partial charge in [0.2, 0.25) is 0 Å². The van der Waals surface area contributed by atoms with Crippen molar-refractivity contribution in [3.05, 3.63) is 23.9 Å². The predicted octanol–water partition coefficient (Wildman–Crippen LogP) is 2.90. The Morgan fingerprint density at radius 3 is 2.73 bits per heavy atom. The van der Waals surface area contributed by atoms with Crippen LogP contribution in [0.4, 0.5) is 23.8 Å². The number of amides is 1. The van der Waals surface area contributed by atoms with Crippen LogP contribution < -0.4 is 5.32 Å². The molecule has 8 heteroatoms. The quantitative estimate of drug-likeness (QED) is 0.900. The SMILES string of the molecule is O=C(O)N1C[C@H]2C[C@H]2C[C@H]1CNc1ccc(C(F)(F)F)cn1. The summed E-state index contributed by atoms with van der Waals surface area (Å²) in [5.74, 6) is 1.38. The molecule has 22 heavy (non-hydrogen) atoms. The van der Waals surface area contributed by atoms with Crippen LogP contribution in [-0.2, 0) is 6.18 Å². The number of carbonyl (C=O) groups is 1. The molecule has 0 bridgehead atoms. The van der Waals surface area contributed by atoms with Crippen LogP contribution in [0.5, 0.6) is 0 Å². The van der Waals surface area contributed by atoms with Gasteiger partial charge in [-0.2, -0.15) is 13.2 Å². The molecular weight excluding hydrogens is 299 g/mol. The fourth-order valence-corrected chi connectivity index (χ4v) is 3.02. The minimum absolute atomic E-state index is 0.162. The van der Waals surface area contributed by atoms with Crippen molar-refractivity contribution in [3.8, 4) is 0 Å². The van der Waals surface area contributed by atoms with Gasteiger partial charge in [-0.05, 0) is 36.8 Å². The number of aromatic nitrogens is 1. The predicted molar refractivity (Wildman–Crippen MR) is 72.5 cm³/mol. The number of hydrogen-bond acceptors (Lipinski definition) is 3. The van der Waals surface area contributed by atoms with Gasteiger partial charge in [0.15, 0.2) is 0 Å². The molecule has 2 fully saturated rings. The molecule has 3 rings (SSSR count). The number of rotatable bonds is 3. The number of piperidine rings is 1. The van der Waals surface area contributed by atoms with Gasteiger partial charge in [0, 0.05) is 19.3 Å². The van der Waals surface area contributed by atoms with Gasteiger partial charge < -0.3 is 15.3 Å². The molecule has 1 amide bonds. The first kappa shape index (κ1) is 14.9. The molecule has 2 aliphatic rings. The zero-order valence-electron chi connectivity index (χ0n) is 11.7. The van der Waals surface area contributed by atoms with Gasteiger partial charge in [0.05, 0.1) is 11.6 Å². The minimum atomic E-state index is -4.41. The topological polar surface area (TPSA) is 65.5 Å². The zero-order chi connectivity index (χ0) is 15.9. The highest BCUT2D eigenvalue weighted by Gasteiger charge is 2.47. The summed E-state index contributed by atoms with van der Waals surface area (Å²) in [7, 11) is 0. The summed E-state index contributed by atoms with van der Waals surface area (Å²) in [4.78, 5) is 16.4. The first-order valence-corrected chi connectivity index (χ1v) is 7.11. The Morgan fingerprint density at radius 2 is 2.14 bits per heavy atom. The third-order valence-electron chi connectivity index (χ3n) is 4.37. The monoisotopic (exact) mass is 315 g/mol. The molecule has 2 heterocycles. The van der Waals surface area contributed by atoms with Crippen LogP contribution in [0.25, 0.3) is 0 Å². The molecule has 1 aromatic heterocycles. The smallest absolute Gasteiger partial charge is 0.417 e. The highest BCUT2D eigenvalue weighted by molar-refractivity contribution is 5.66. The lowest BCUT2D eigenvalue weighted by atomic mass is 10.0. The van der Waals surface area contributed by atoms with Gasteiger partial charge in [-0.3, -0.25) is 0 Å². The molecule has 3 atom stereocenters. The van der Waals surface area contributed by atoms with E-state index in [1.54, 1.807) is 0 Å². The van der Waals surface area contributed by atoms with Crippen molar-refractivity contribution in [1.82, 2.24) is 9.88 Å². The lowest BCUT2D eigenvalue weighted by Gasteiger charge is -2.33. The Labute approximate surface area is 125 Å². The van der Waals surface area contributed by atoms with Crippen LogP contribution in [0.2, 0.25) is 0 Å². The minimum Gasteiger partial charge on any atom is -0.465 e. The molecule has 0 spiro atoms. The van der Waals surface area contributed by atoms with E-state index in [4.69, 9.17) is 0 Å². The van der Waals surface area contributed by atoms with Gasteiger partial charge in [0.1, 0.15) is 5.82 Å². The maximum atomic E-state index is 12.5. The van der Waals surface area contributed by atoms with Crippen molar-refractivity contribution < 1.29 is 23.1 Å². The van der Waals surface area contributed by atoms with E-state index < -0.39 is 17.8 Å². The number of hydrogen-bond donors (Lipinski definition) is 2. The fourth-order valence-electron chi connectivity index (χ4n) is 3.02. The van der Waals surface area contributed by atoms with Gasteiger partial charge >= 0.3 is 12.3 Å². The van der Waals surface area contributed by atoms with Crippen molar-refractivity contribution in [2.45, 2.75) is 25.1 Å². The molecule has 1 saturated carbocycles. The number of likely N-dealkylation sites (tertiary alicyclic amines) is 1. The van der Waals surface area contributed by atoms with E-state index in [0.717, 1.165) is 25.1 Å². The van der Waals surface area contributed by atoms with Crippen molar-refractivity contribution in [3.63, 3.8) is 0 Å². The number of nitrogens with one attached hydrogen (secondary N) is 1. The summed E-state index contributed by atoms with van der Waals surface area (Å²) < 4.78 is 37.4. The summed E-state index contributed by atoms with van der Waals surface area (Å²) in [5, 5.41) is 12.2. The second-order valence-electron chi connectivity index (χ2n) is 5.89. The van der Waals surface area contributed by atoms with Crippen molar-refractivity contribution in [2.75, 3.05) is 18.4 Å². The van der Waals surface area contributed by atoms with Crippen LogP contribution >= 0.6 is 0 Å². The van der Waals surface area contributed by atoms with Gasteiger partial charge in [0.25, 0.3) is 0 Å². The molecule has 5 nitrogen and oxygen atoms in total. The summed E-state index contributed by atoms with van der Waals surface area (Å²) in [6.07, 6.45) is -2.72. The average molecular weight is 315 g/mol. The van der Waals surface area contributed by atoms with E-state index >= 15 is 0 Å². The molecule has 0 unspecified atom stereocenters. The number of pyridine rings is 1. The molecule has 0 radical (unpaired) electrons. The van der Waals surface area contributed by atoms with Gasteiger partial charge in [-0.15, -0.1) is 0 Å². The third kappa shape index (κ3) is 3.10. The van der Waals surface area contributed by atoms with E-state index in [1.807, 2.05) is 0 Å². The highest BCUT2D eigenvalue weighted by atomic mass is 19.4. The highest BCUT2D eigenvalue weighted by Crippen LogP contribution is 2.47. The number of carboxylic acid groups (broad SMARTS) is 1. The molecule has 0 aromatic carbocycles. The standard InChI is InChI=1S/C14H16F3N3O2/c15-14(16,17)10-1-2-12(18-5-10)19-6-11-4-8-3-9(8)7-20(11)13(21)22/h1-2,5,8-9,11H,3-4,6-7H2,(H,18,19)(H,21,22)/t8-,9+,11-/m0/s1. The maximum Gasteiger partial charge on any atom is 0.417 e. The van der Waals surface area contributed by atoms with Crippen LogP contribution in [0, 0.1) is 11.8 Å². The van der Waals surface area contributed by atoms with Crippen molar-refractivity contribution >= 4 is 11.9 Å². The molecule has 1 aliphatic carbocycles. The number of anilines is 1. The molecule has 120 valence electrons. The Bertz CT molecular complexity index is 561. The number of halogens is 3. The molecule has 1 aromatic rings. The number of alkyl halides is 3. The third-order valence-corrected chi connectivity index (χ3v) is 4.37. The average Bonchev–Trinajstić information content (AvgIpc) is 3.21. The second-order valence-corrected chi connectivity index (χ2v) is 5.89. The Morgan fingerprint density at radius 1 is 1.36 bits per heavy atom. The number of fused-ring (bicyclic) bond motifs is 1. The first-order chi connectivity index (χ1) is 10.3. The normalized spacial score (nSPS) is 27.2. The van der Waals surface area contributed by atoms with Crippen molar-refractivity contribution in [1.29, 1.82) is 0 Å². The lowest BCUT2D eigenvalue weighted by molar-refractivity contribution is -0.137. The summed E-state index contributed by atoms with van der Waals surface area (Å²) in [6.45, 7) is 0.903. The van der Waals surface area contributed by atoms with Crippen LogP contribution in [0.3, 0.4) is 0 Å². The van der Waals surface area contributed by atoms with Gasteiger partial charge in [-0.25, -0.2) is 9.78 Å². The Balaban J connectivity index is 1.60. The Kier molecular flexibility index (Phi) is 3.62. The molecule has 1 aliphatic heterocycles. The molecule has 1 saturated heterocycles. The van der Waals surface area contributed by atoms with E-state index in [0.29, 0.717) is 30.7 Å². The first-order valence-electron chi connectivity index (χ1n) is 7.11. The largest absolute Gasteiger partial charge is 0.465 e. The Hall–Kier alpha value is -1.99. The second kappa shape index (κ2) is 5.33. The van der Waals surface area contributed by atoms with E-state index in [1.165, 1.54) is 11.0 Å². The van der Waals surface area contributed by atoms with E-state index in [2.05, 4.69) is 10.3 Å². The van der Waals surface area contributed by atoms with Gasteiger partial charge in [-0.1, -0.05) is 0 Å². The zero-order valence-corrected chi connectivity index (χ0v) is 11.7. The molecular formula is C14H16F3N3O2. The summed E-state index contributed by atoms with van der Waals surface area (Å²) in [5.41, 5.74) is -0.802.